The number of amides is 1. The molecule has 0 fully saturated rings. The van der Waals surface area contributed by atoms with Gasteiger partial charge in [0.2, 0.25) is 0 Å². The average molecular weight is 672 g/mol. The maximum Gasteiger partial charge on any atom is 0.326 e. The number of rotatable bonds is 11. The summed E-state index contributed by atoms with van der Waals surface area (Å²) in [4.78, 5) is 47.4. The van der Waals surface area contributed by atoms with Crippen LogP contribution < -0.4 is 16.2 Å². The Bertz CT molecular complexity index is 2100. The molecule has 5 aromatic rings. The van der Waals surface area contributed by atoms with Crippen molar-refractivity contribution in [3.8, 4) is 11.1 Å². The summed E-state index contributed by atoms with van der Waals surface area (Å²) in [6, 6.07) is 4.67. The minimum Gasteiger partial charge on any atom is -0.480 e. The predicted octanol–water partition coefficient (Wildman–Crippen LogP) is 5.71. The van der Waals surface area contributed by atoms with E-state index in [1.165, 1.54) is 54.3 Å². The Morgan fingerprint density at radius 1 is 0.979 bits per heavy atom. The molecular formula is C33H27F6N5O4. The number of fused-ring (bicyclic) bond motifs is 2. The number of pyridine rings is 1. The highest BCUT2D eigenvalue weighted by atomic mass is 19.3. The van der Waals surface area contributed by atoms with Crippen LogP contribution in [-0.4, -0.2) is 56.7 Å². The number of carboxylic acids is 1. The zero-order chi connectivity index (χ0) is 34.9. The minimum atomic E-state index is -3.05. The topological polar surface area (TPSA) is 126 Å². The lowest BCUT2D eigenvalue weighted by Crippen LogP contribution is -2.43. The van der Waals surface area contributed by atoms with Crippen LogP contribution in [-0.2, 0) is 18.3 Å². The highest BCUT2D eigenvalue weighted by Gasteiger charge is 2.28. The zero-order valence-electron chi connectivity index (χ0n) is 25.3. The van der Waals surface area contributed by atoms with Crippen LogP contribution in [0.1, 0.15) is 27.9 Å². The third-order valence-corrected chi connectivity index (χ3v) is 7.97. The Hall–Kier alpha value is -5.47. The van der Waals surface area contributed by atoms with Crippen LogP contribution in [0.5, 0.6) is 0 Å². The van der Waals surface area contributed by atoms with Crippen molar-refractivity contribution in [2.75, 3.05) is 12.0 Å². The van der Waals surface area contributed by atoms with Gasteiger partial charge in [-0.15, -0.1) is 0 Å². The molecule has 2 heterocycles. The largest absolute Gasteiger partial charge is 0.480 e. The molecule has 250 valence electrons. The van der Waals surface area contributed by atoms with E-state index in [-0.39, 0.29) is 22.2 Å². The third kappa shape index (κ3) is 6.52. The van der Waals surface area contributed by atoms with Crippen LogP contribution in [0.2, 0.25) is 0 Å². The fraction of sp³-hybridized carbons (Fsp3) is 0.242. The number of hydrogen-bond donors (Lipinski definition) is 3. The van der Waals surface area contributed by atoms with Gasteiger partial charge < -0.3 is 20.3 Å². The monoisotopic (exact) mass is 671 g/mol. The lowest BCUT2D eigenvalue weighted by Gasteiger charge is -2.19. The summed E-state index contributed by atoms with van der Waals surface area (Å²) in [5.41, 5.74) is 0.114. The first-order valence-corrected chi connectivity index (χ1v) is 14.5. The second-order valence-corrected chi connectivity index (χ2v) is 11.0. The highest BCUT2D eigenvalue weighted by Crippen LogP contribution is 2.32. The number of anilines is 1. The lowest BCUT2D eigenvalue weighted by atomic mass is 9.94. The first kappa shape index (κ1) is 33.9. The van der Waals surface area contributed by atoms with Crippen molar-refractivity contribution in [3.63, 3.8) is 0 Å². The first-order chi connectivity index (χ1) is 22.8. The molecule has 0 spiro atoms. The molecule has 3 aromatic carbocycles. The summed E-state index contributed by atoms with van der Waals surface area (Å²) in [6.07, 6.45) is -1.43. The standard InChI is InChI=1S/C33H27F6N5O4/c1-15-20-12-17(35)4-6-25(20)44(2)32(46)26(15)19-5-3-16(28-29(19)41-10-9-40-28)11-24(33(47)48)43-31(45)27-21(36)13-18(14-22(27)37)42-23(7-8-34)30(38)39/h3-6,9-10,12-14,23-24,30,42H,7-8,11H2,1-2H3,(H,43,45)(H,47,48). The van der Waals surface area contributed by atoms with Crippen LogP contribution in [0.4, 0.5) is 32.0 Å². The predicted molar refractivity (Wildman–Crippen MR) is 165 cm³/mol. The number of nitrogens with zero attached hydrogens (tertiary/aromatic N) is 3. The van der Waals surface area contributed by atoms with Crippen LogP contribution in [0, 0.1) is 24.4 Å². The summed E-state index contributed by atoms with van der Waals surface area (Å²) in [5.74, 6) is -6.44. The van der Waals surface area contributed by atoms with Crippen LogP contribution in [0.3, 0.4) is 0 Å². The second-order valence-electron chi connectivity index (χ2n) is 11.0. The number of nitrogens with one attached hydrogen (secondary N) is 2. The van der Waals surface area contributed by atoms with Gasteiger partial charge in [0.25, 0.3) is 17.9 Å². The van der Waals surface area contributed by atoms with E-state index in [0.717, 1.165) is 0 Å². The van der Waals surface area contributed by atoms with Crippen LogP contribution in [0.15, 0.2) is 59.7 Å². The number of aliphatic carboxylic acids is 1. The van der Waals surface area contributed by atoms with Gasteiger partial charge in [-0.1, -0.05) is 12.1 Å². The number of carbonyl (C=O) groups excluding carboxylic acids is 1. The summed E-state index contributed by atoms with van der Waals surface area (Å²) < 4.78 is 84.2. The van der Waals surface area contributed by atoms with E-state index < -0.39 is 84.2 Å². The SMILES string of the molecule is Cc1c(-c2ccc(CC(NC(=O)c3c(F)cc(NC(CCF)C(F)F)cc3F)C(=O)O)c3nccnc23)c(=O)n(C)c2ccc(F)cc12. The van der Waals surface area contributed by atoms with Crippen molar-refractivity contribution in [3.05, 3.63) is 99.4 Å². The quantitative estimate of drug-likeness (QED) is 0.154. The maximum atomic E-state index is 14.9. The Balaban J connectivity index is 1.48. The molecule has 0 saturated heterocycles. The Labute approximate surface area is 268 Å². The Morgan fingerprint density at radius 3 is 2.27 bits per heavy atom. The lowest BCUT2D eigenvalue weighted by molar-refractivity contribution is -0.139. The van der Waals surface area contributed by atoms with E-state index in [1.54, 1.807) is 6.92 Å². The molecule has 0 aliphatic carbocycles. The second kappa shape index (κ2) is 13.7. The van der Waals surface area contributed by atoms with Crippen molar-refractivity contribution in [2.45, 2.75) is 38.3 Å². The van der Waals surface area contributed by atoms with E-state index in [2.05, 4.69) is 20.6 Å². The molecular weight excluding hydrogens is 644 g/mol. The van der Waals surface area contributed by atoms with Gasteiger partial charge in [0.1, 0.15) is 29.1 Å². The van der Waals surface area contributed by atoms with E-state index in [1.807, 2.05) is 0 Å². The molecule has 5 rings (SSSR count). The Morgan fingerprint density at radius 2 is 1.65 bits per heavy atom. The average Bonchev–Trinajstić information content (AvgIpc) is 3.03. The molecule has 0 aliphatic rings. The van der Waals surface area contributed by atoms with E-state index >= 15 is 0 Å². The van der Waals surface area contributed by atoms with Gasteiger partial charge >= 0.3 is 5.97 Å². The molecule has 2 atom stereocenters. The summed E-state index contributed by atoms with van der Waals surface area (Å²) in [5, 5.41) is 14.6. The van der Waals surface area contributed by atoms with Gasteiger partial charge in [-0.2, -0.15) is 0 Å². The summed E-state index contributed by atoms with van der Waals surface area (Å²) in [7, 11) is 1.54. The maximum absolute atomic E-state index is 14.9. The van der Waals surface area contributed by atoms with E-state index in [9.17, 15) is 45.8 Å². The molecule has 2 unspecified atom stereocenters. The van der Waals surface area contributed by atoms with Crippen molar-refractivity contribution in [1.82, 2.24) is 19.9 Å². The molecule has 3 N–H and O–H groups in total. The number of alkyl halides is 3. The van der Waals surface area contributed by atoms with Gasteiger partial charge in [-0.05, 0) is 48.4 Å². The molecule has 0 saturated carbocycles. The van der Waals surface area contributed by atoms with Crippen molar-refractivity contribution >= 4 is 39.5 Å². The molecule has 0 radical (unpaired) electrons. The Kier molecular flexibility index (Phi) is 9.68. The van der Waals surface area contributed by atoms with Crippen molar-refractivity contribution in [1.29, 1.82) is 0 Å². The summed E-state index contributed by atoms with van der Waals surface area (Å²) in [6.45, 7) is 0.545. The summed E-state index contributed by atoms with van der Waals surface area (Å²) >= 11 is 0. The van der Waals surface area contributed by atoms with Gasteiger partial charge in [-0.25, -0.2) is 26.7 Å². The zero-order valence-corrected chi connectivity index (χ0v) is 25.3. The fourth-order valence-electron chi connectivity index (χ4n) is 5.59. The van der Waals surface area contributed by atoms with E-state index in [0.29, 0.717) is 34.2 Å². The van der Waals surface area contributed by atoms with E-state index in [4.69, 9.17) is 0 Å². The van der Waals surface area contributed by atoms with Crippen molar-refractivity contribution < 1.29 is 41.0 Å². The molecule has 15 heteroatoms. The number of benzene rings is 3. The van der Waals surface area contributed by atoms with Gasteiger partial charge in [0, 0.05) is 48.9 Å². The number of carbonyl (C=O) groups is 2. The molecule has 1 amide bonds. The minimum absolute atomic E-state index is 0.172. The molecule has 0 bridgehead atoms. The normalized spacial score (nSPS) is 12.8. The molecule has 48 heavy (non-hydrogen) atoms. The van der Waals surface area contributed by atoms with Gasteiger partial charge in [0.15, 0.2) is 0 Å². The van der Waals surface area contributed by atoms with Crippen LogP contribution in [0.25, 0.3) is 33.1 Å². The number of aryl methyl sites for hydroxylation is 2. The molecule has 0 aliphatic heterocycles. The van der Waals surface area contributed by atoms with Gasteiger partial charge in [-0.3, -0.25) is 23.9 Å². The molecule has 2 aromatic heterocycles. The number of carboxylic acid groups (broad SMARTS) is 1. The number of aromatic nitrogens is 3. The van der Waals surface area contributed by atoms with Crippen LogP contribution >= 0.6 is 0 Å². The van der Waals surface area contributed by atoms with Gasteiger partial charge in [0.05, 0.1) is 34.8 Å². The highest BCUT2D eigenvalue weighted by molar-refractivity contribution is 5.99. The smallest absolute Gasteiger partial charge is 0.326 e. The molecule has 9 nitrogen and oxygen atoms in total. The fourth-order valence-corrected chi connectivity index (χ4v) is 5.59. The van der Waals surface area contributed by atoms with Crippen molar-refractivity contribution in [2.24, 2.45) is 7.05 Å². The first-order valence-electron chi connectivity index (χ1n) is 14.5. The number of halogens is 6. The third-order valence-electron chi connectivity index (χ3n) is 7.97. The number of hydrogen-bond acceptors (Lipinski definition) is 6.